The van der Waals surface area contributed by atoms with E-state index in [1.165, 1.54) is 19.4 Å². The molecule has 2 unspecified atom stereocenters. The zero-order valence-corrected chi connectivity index (χ0v) is 9.01. The summed E-state index contributed by atoms with van der Waals surface area (Å²) in [5.74, 6) is 0.804. The summed E-state index contributed by atoms with van der Waals surface area (Å²) in [6.07, 6.45) is 2.61. The number of rotatable bonds is 6. The van der Waals surface area contributed by atoms with Crippen LogP contribution in [0.5, 0.6) is 0 Å². The molecule has 0 aromatic heterocycles. The molecule has 12 heavy (non-hydrogen) atoms. The van der Waals surface area contributed by atoms with E-state index < -0.39 is 0 Å². The molecule has 0 bridgehead atoms. The average Bonchev–Trinajstić information content (AvgIpc) is 1.84. The Morgan fingerprint density at radius 3 is 2.25 bits per heavy atom. The Balaban J connectivity index is 3.46. The van der Waals surface area contributed by atoms with Crippen LogP contribution >= 0.6 is 0 Å². The molecule has 2 N–H and O–H groups in total. The summed E-state index contributed by atoms with van der Waals surface area (Å²) in [4.78, 5) is 2.32. The number of hydrogen-bond acceptors (Lipinski definition) is 2. The first-order valence-electron chi connectivity index (χ1n) is 5.00. The van der Waals surface area contributed by atoms with Crippen LogP contribution in [0.2, 0.25) is 0 Å². The zero-order chi connectivity index (χ0) is 9.56. The van der Waals surface area contributed by atoms with Crippen LogP contribution in [0, 0.1) is 5.92 Å². The lowest BCUT2D eigenvalue weighted by molar-refractivity contribution is 0.266. The van der Waals surface area contributed by atoms with Gasteiger partial charge >= 0.3 is 0 Å². The van der Waals surface area contributed by atoms with Crippen molar-refractivity contribution in [2.45, 2.75) is 39.7 Å². The van der Waals surface area contributed by atoms with Crippen molar-refractivity contribution < 1.29 is 0 Å². The van der Waals surface area contributed by atoms with Gasteiger partial charge in [-0.1, -0.05) is 20.3 Å². The summed E-state index contributed by atoms with van der Waals surface area (Å²) < 4.78 is 0. The van der Waals surface area contributed by atoms with Crippen LogP contribution in [0.15, 0.2) is 0 Å². The summed E-state index contributed by atoms with van der Waals surface area (Å²) in [5, 5.41) is 0. The van der Waals surface area contributed by atoms with Gasteiger partial charge in [-0.15, -0.1) is 0 Å². The van der Waals surface area contributed by atoms with Crippen molar-refractivity contribution in [1.82, 2.24) is 4.90 Å². The van der Waals surface area contributed by atoms with Gasteiger partial charge in [-0.05, 0) is 26.3 Å². The quantitative estimate of drug-likeness (QED) is 0.661. The molecule has 0 spiro atoms. The molecule has 0 fully saturated rings. The summed E-state index contributed by atoms with van der Waals surface area (Å²) in [5.41, 5.74) is 5.70. The average molecular weight is 172 g/mol. The lowest BCUT2D eigenvalue weighted by Gasteiger charge is -2.22. The van der Waals surface area contributed by atoms with E-state index in [0.29, 0.717) is 6.04 Å². The van der Waals surface area contributed by atoms with Gasteiger partial charge in [0.15, 0.2) is 0 Å². The summed E-state index contributed by atoms with van der Waals surface area (Å²) >= 11 is 0. The molecule has 0 aromatic carbocycles. The van der Waals surface area contributed by atoms with Gasteiger partial charge < -0.3 is 10.6 Å². The molecule has 0 aromatic rings. The Hall–Kier alpha value is -0.0800. The highest BCUT2D eigenvalue weighted by molar-refractivity contribution is 4.63. The van der Waals surface area contributed by atoms with E-state index in [1.807, 2.05) is 0 Å². The fraction of sp³-hybridized carbons (Fsp3) is 1.00. The predicted molar refractivity (Wildman–Crippen MR) is 55.2 cm³/mol. The van der Waals surface area contributed by atoms with Gasteiger partial charge in [0, 0.05) is 19.1 Å². The molecule has 0 amide bonds. The first kappa shape index (κ1) is 11.9. The van der Waals surface area contributed by atoms with Gasteiger partial charge in [0.1, 0.15) is 0 Å². The van der Waals surface area contributed by atoms with Crippen LogP contribution in [-0.4, -0.2) is 31.1 Å². The fourth-order valence-electron chi connectivity index (χ4n) is 1.68. The molecule has 0 radical (unpaired) electrons. The van der Waals surface area contributed by atoms with E-state index in [0.717, 1.165) is 12.5 Å². The maximum absolute atomic E-state index is 5.70. The molecule has 2 atom stereocenters. The molecule has 2 nitrogen and oxygen atoms in total. The highest BCUT2D eigenvalue weighted by atomic mass is 15.1. The molecule has 74 valence electrons. The molecular formula is C10H24N2. The summed E-state index contributed by atoms with van der Waals surface area (Å²) in [7, 11) is 2.15. The first-order valence-corrected chi connectivity index (χ1v) is 5.00. The van der Waals surface area contributed by atoms with Crippen LogP contribution in [-0.2, 0) is 0 Å². The van der Waals surface area contributed by atoms with Crippen LogP contribution in [0.1, 0.15) is 33.6 Å². The number of nitrogens with zero attached hydrogens (tertiary/aromatic N) is 1. The highest BCUT2D eigenvalue weighted by Gasteiger charge is 2.06. The molecule has 0 rings (SSSR count). The standard InChI is InChI=1S/C10H24N2/c1-5-6-9(2)7-12(4)8-10(3)11/h9-10H,5-8,11H2,1-4H3. The minimum Gasteiger partial charge on any atom is -0.327 e. The lowest BCUT2D eigenvalue weighted by atomic mass is 10.1. The van der Waals surface area contributed by atoms with E-state index in [2.05, 4.69) is 32.7 Å². The molecule has 0 aliphatic heterocycles. The Labute approximate surface area is 77.1 Å². The van der Waals surface area contributed by atoms with Gasteiger partial charge in [0.2, 0.25) is 0 Å². The Morgan fingerprint density at radius 1 is 1.25 bits per heavy atom. The third kappa shape index (κ3) is 6.62. The first-order chi connectivity index (χ1) is 5.56. The van der Waals surface area contributed by atoms with Gasteiger partial charge in [-0.3, -0.25) is 0 Å². The number of likely N-dealkylation sites (N-methyl/N-ethyl adjacent to an activating group) is 1. The van der Waals surface area contributed by atoms with Crippen LogP contribution in [0.25, 0.3) is 0 Å². The van der Waals surface area contributed by atoms with E-state index >= 15 is 0 Å². The normalized spacial score (nSPS) is 16.5. The van der Waals surface area contributed by atoms with Crippen LogP contribution in [0.3, 0.4) is 0 Å². The Bertz CT molecular complexity index is 102. The van der Waals surface area contributed by atoms with Gasteiger partial charge in [-0.25, -0.2) is 0 Å². The van der Waals surface area contributed by atoms with Gasteiger partial charge in [-0.2, -0.15) is 0 Å². The van der Waals surface area contributed by atoms with Crippen molar-refractivity contribution in [1.29, 1.82) is 0 Å². The van der Waals surface area contributed by atoms with Crippen molar-refractivity contribution in [3.63, 3.8) is 0 Å². The zero-order valence-electron chi connectivity index (χ0n) is 9.01. The summed E-state index contributed by atoms with van der Waals surface area (Å²) in [6, 6.07) is 0.295. The number of hydrogen-bond donors (Lipinski definition) is 1. The predicted octanol–water partition coefficient (Wildman–Crippen LogP) is 1.70. The van der Waals surface area contributed by atoms with Gasteiger partial charge in [0.25, 0.3) is 0 Å². The highest BCUT2D eigenvalue weighted by Crippen LogP contribution is 2.06. The van der Waals surface area contributed by atoms with Crippen molar-refractivity contribution in [2.24, 2.45) is 11.7 Å². The van der Waals surface area contributed by atoms with E-state index in [9.17, 15) is 0 Å². The molecule has 0 heterocycles. The van der Waals surface area contributed by atoms with Crippen molar-refractivity contribution in [3.8, 4) is 0 Å². The second kappa shape index (κ2) is 6.44. The lowest BCUT2D eigenvalue weighted by Crippen LogP contribution is -2.35. The second-order valence-electron chi connectivity index (χ2n) is 4.09. The SMILES string of the molecule is CCCC(C)CN(C)CC(C)N. The largest absolute Gasteiger partial charge is 0.327 e. The minimum absolute atomic E-state index is 0.295. The second-order valence-corrected chi connectivity index (χ2v) is 4.09. The Kier molecular flexibility index (Phi) is 6.39. The van der Waals surface area contributed by atoms with E-state index in [1.54, 1.807) is 0 Å². The van der Waals surface area contributed by atoms with E-state index in [4.69, 9.17) is 5.73 Å². The van der Waals surface area contributed by atoms with Crippen molar-refractivity contribution >= 4 is 0 Å². The maximum atomic E-state index is 5.70. The molecule has 2 heteroatoms. The smallest absolute Gasteiger partial charge is 0.0139 e. The minimum atomic E-state index is 0.295. The number of nitrogens with two attached hydrogens (primary N) is 1. The van der Waals surface area contributed by atoms with Crippen molar-refractivity contribution in [2.75, 3.05) is 20.1 Å². The summed E-state index contributed by atoms with van der Waals surface area (Å²) in [6.45, 7) is 8.79. The van der Waals surface area contributed by atoms with Crippen molar-refractivity contribution in [3.05, 3.63) is 0 Å². The Morgan fingerprint density at radius 2 is 1.83 bits per heavy atom. The third-order valence-corrected chi connectivity index (χ3v) is 2.00. The fourth-order valence-corrected chi connectivity index (χ4v) is 1.68. The molecular weight excluding hydrogens is 148 g/mol. The molecule has 0 saturated heterocycles. The van der Waals surface area contributed by atoms with Crippen LogP contribution in [0.4, 0.5) is 0 Å². The third-order valence-electron chi connectivity index (χ3n) is 2.00. The van der Waals surface area contributed by atoms with Gasteiger partial charge in [0.05, 0.1) is 0 Å². The van der Waals surface area contributed by atoms with E-state index in [-0.39, 0.29) is 0 Å². The molecule has 0 aliphatic rings. The maximum Gasteiger partial charge on any atom is 0.0139 e. The molecule has 0 aliphatic carbocycles. The molecule has 0 saturated carbocycles. The van der Waals surface area contributed by atoms with Crippen LogP contribution < -0.4 is 5.73 Å². The monoisotopic (exact) mass is 172 g/mol. The topological polar surface area (TPSA) is 29.3 Å².